The molecule has 0 aliphatic carbocycles. The molecule has 0 radical (unpaired) electrons. The fourth-order valence-corrected chi connectivity index (χ4v) is 6.11. The molecule has 2 saturated heterocycles. The third-order valence-corrected chi connectivity index (χ3v) is 9.43. The van der Waals surface area contributed by atoms with Crippen LogP contribution in [-0.4, -0.2) is 70.8 Å². The maximum Gasteiger partial charge on any atom is 0.315 e. The van der Waals surface area contributed by atoms with Gasteiger partial charge in [0.15, 0.2) is 0 Å². The average molecular weight is 669 g/mol. The lowest BCUT2D eigenvalue weighted by atomic mass is 9.79. The number of nitrogens with zero attached hydrogens (tertiary/aromatic N) is 2. The number of benzene rings is 2. The molecule has 2 aromatic carbocycles. The highest BCUT2D eigenvalue weighted by Gasteiger charge is 2.39. The number of aliphatic carboxylic acids is 1. The molecule has 0 amide bonds. The van der Waals surface area contributed by atoms with Crippen LogP contribution >= 0.6 is 0 Å². The standard InChI is InChI=1S/C20H23NO4.C19H21NO4/c1-14(22)15-3-4-16-13-21-18(12-17(16)11-15)5-6-20(19(23)24-2)7-9-25-10-8-20;1-13(21)14-2-3-15-12-20-17(11-16(15)10-14)4-5-19(18(22)23)6-8-24-9-7-19/h3-6,11-14,22H,7-10H2,1-2H3;2-5,10-13,21H,6-9H2,1H3,(H,22,23)/b6-5+;5-4+/t14-;13-/m11/s1. The first-order valence-corrected chi connectivity index (χ1v) is 16.6. The number of aliphatic hydroxyl groups is 2. The van der Waals surface area contributed by atoms with E-state index in [-0.39, 0.29) is 5.97 Å². The Labute approximate surface area is 286 Å². The number of fused-ring (bicyclic) bond motifs is 2. The summed E-state index contributed by atoms with van der Waals surface area (Å²) < 4.78 is 15.7. The van der Waals surface area contributed by atoms with Gasteiger partial charge in [0.25, 0.3) is 0 Å². The molecule has 0 spiro atoms. The molecule has 4 aromatic rings. The van der Waals surface area contributed by atoms with Gasteiger partial charge in [-0.1, -0.05) is 36.4 Å². The van der Waals surface area contributed by atoms with Crippen LogP contribution in [-0.2, 0) is 23.8 Å². The summed E-state index contributed by atoms with van der Waals surface area (Å²) in [5, 5.41) is 33.0. The zero-order valence-corrected chi connectivity index (χ0v) is 28.2. The number of rotatable bonds is 8. The highest BCUT2D eigenvalue weighted by molar-refractivity contribution is 5.86. The zero-order valence-electron chi connectivity index (χ0n) is 28.2. The van der Waals surface area contributed by atoms with E-state index in [1.807, 2.05) is 60.7 Å². The van der Waals surface area contributed by atoms with Crippen molar-refractivity contribution in [2.24, 2.45) is 10.8 Å². The molecular formula is C39H44N2O8. The van der Waals surface area contributed by atoms with Gasteiger partial charge in [-0.15, -0.1) is 0 Å². The molecule has 2 aliphatic rings. The second-order valence-corrected chi connectivity index (χ2v) is 12.8. The van der Waals surface area contributed by atoms with Gasteiger partial charge in [-0.3, -0.25) is 19.6 Å². The fourth-order valence-electron chi connectivity index (χ4n) is 6.11. The molecular weight excluding hydrogens is 624 g/mol. The summed E-state index contributed by atoms with van der Waals surface area (Å²) in [5.41, 5.74) is 1.66. The predicted octanol–water partition coefficient (Wildman–Crippen LogP) is 6.45. The van der Waals surface area contributed by atoms with Crippen molar-refractivity contribution in [3.05, 3.63) is 95.6 Å². The van der Waals surface area contributed by atoms with E-state index >= 15 is 0 Å². The molecule has 2 aliphatic heterocycles. The molecule has 10 heteroatoms. The smallest absolute Gasteiger partial charge is 0.315 e. The minimum absolute atomic E-state index is 0.232. The first kappa shape index (κ1) is 35.8. The van der Waals surface area contributed by atoms with Crippen LogP contribution in [0.15, 0.2) is 73.1 Å². The molecule has 2 aromatic heterocycles. The molecule has 4 heterocycles. The number of hydrogen-bond donors (Lipinski definition) is 3. The molecule has 3 N–H and O–H groups in total. The number of hydrogen-bond acceptors (Lipinski definition) is 9. The van der Waals surface area contributed by atoms with Gasteiger partial charge in [0, 0.05) is 49.6 Å². The highest BCUT2D eigenvalue weighted by atomic mass is 16.5. The summed E-state index contributed by atoms with van der Waals surface area (Å²) in [4.78, 5) is 32.8. The van der Waals surface area contributed by atoms with Gasteiger partial charge < -0.3 is 29.5 Å². The number of pyridine rings is 2. The van der Waals surface area contributed by atoms with Crippen LogP contribution in [0.4, 0.5) is 0 Å². The van der Waals surface area contributed by atoms with Crippen LogP contribution in [0.1, 0.15) is 74.3 Å². The number of methoxy groups -OCH3 is 1. The normalized spacial score (nSPS) is 18.6. The number of carboxylic acids is 1. The number of ether oxygens (including phenoxy) is 3. The Balaban J connectivity index is 0.000000191. The van der Waals surface area contributed by atoms with Crippen molar-refractivity contribution in [2.75, 3.05) is 33.5 Å². The number of carbonyl (C=O) groups excluding carboxylic acids is 1. The SMILES string of the molecule is COC(=O)C1(/C=C/c2cc3cc([C@@H](C)O)ccc3cn2)CCOCC1.C[C@@H](O)c1ccc2cnc(/C=C/C3(C(=O)O)CCOCC3)cc2c1. The van der Waals surface area contributed by atoms with E-state index in [0.717, 1.165) is 38.4 Å². The number of aliphatic hydroxyl groups excluding tert-OH is 2. The van der Waals surface area contributed by atoms with Crippen molar-refractivity contribution in [1.29, 1.82) is 0 Å². The molecule has 2 atom stereocenters. The van der Waals surface area contributed by atoms with Crippen molar-refractivity contribution in [1.82, 2.24) is 9.97 Å². The third kappa shape index (κ3) is 8.58. The third-order valence-electron chi connectivity index (χ3n) is 9.43. The van der Waals surface area contributed by atoms with Crippen molar-refractivity contribution >= 4 is 45.6 Å². The number of esters is 1. The molecule has 2 fully saturated rings. The number of carbonyl (C=O) groups is 2. The lowest BCUT2D eigenvalue weighted by Gasteiger charge is -2.31. The van der Waals surface area contributed by atoms with E-state index in [2.05, 4.69) is 9.97 Å². The first-order chi connectivity index (χ1) is 23.5. The Bertz CT molecular complexity index is 1840. The van der Waals surface area contributed by atoms with E-state index in [1.165, 1.54) is 7.11 Å². The molecule has 10 nitrogen and oxygen atoms in total. The molecule has 258 valence electrons. The minimum atomic E-state index is -0.879. The Morgan fingerprint density at radius 2 is 1.14 bits per heavy atom. The van der Waals surface area contributed by atoms with E-state index in [4.69, 9.17) is 14.2 Å². The van der Waals surface area contributed by atoms with Gasteiger partial charge in [0.1, 0.15) is 0 Å². The largest absolute Gasteiger partial charge is 0.481 e. The van der Waals surface area contributed by atoms with Crippen LogP contribution in [0.3, 0.4) is 0 Å². The summed E-state index contributed by atoms with van der Waals surface area (Å²) in [6.45, 7) is 5.48. The average Bonchev–Trinajstić information content (AvgIpc) is 3.13. The summed E-state index contributed by atoms with van der Waals surface area (Å²) in [6.07, 6.45) is 12.0. The first-order valence-electron chi connectivity index (χ1n) is 16.6. The van der Waals surface area contributed by atoms with Crippen LogP contribution in [0.2, 0.25) is 0 Å². The maximum atomic E-state index is 12.3. The monoisotopic (exact) mass is 668 g/mol. The molecule has 0 saturated carbocycles. The van der Waals surface area contributed by atoms with Gasteiger partial charge >= 0.3 is 11.9 Å². The summed E-state index contributed by atoms with van der Waals surface area (Å²) in [5.74, 6) is -1.05. The van der Waals surface area contributed by atoms with E-state index < -0.39 is 29.0 Å². The quantitative estimate of drug-likeness (QED) is 0.179. The van der Waals surface area contributed by atoms with E-state index in [9.17, 15) is 24.9 Å². The van der Waals surface area contributed by atoms with Gasteiger partial charge in [0.2, 0.25) is 0 Å². The van der Waals surface area contributed by atoms with Gasteiger partial charge in [-0.2, -0.15) is 0 Å². The number of aromatic nitrogens is 2. The Hall–Kier alpha value is -4.48. The topological polar surface area (TPSA) is 148 Å². The van der Waals surface area contributed by atoms with Gasteiger partial charge in [0.05, 0.1) is 41.5 Å². The van der Waals surface area contributed by atoms with E-state index in [0.29, 0.717) is 57.8 Å². The fraction of sp³-hybridized carbons (Fsp3) is 0.385. The minimum Gasteiger partial charge on any atom is -0.481 e. The van der Waals surface area contributed by atoms with Crippen molar-refractivity contribution in [2.45, 2.75) is 51.7 Å². The summed E-state index contributed by atoms with van der Waals surface area (Å²) in [6, 6.07) is 15.4. The second-order valence-electron chi connectivity index (χ2n) is 12.8. The zero-order chi connectivity index (χ0) is 35.0. The van der Waals surface area contributed by atoms with Crippen molar-refractivity contribution in [3.8, 4) is 0 Å². The Kier molecular flexibility index (Phi) is 11.6. The second kappa shape index (κ2) is 15.8. The van der Waals surface area contributed by atoms with Crippen LogP contribution in [0.5, 0.6) is 0 Å². The van der Waals surface area contributed by atoms with Crippen LogP contribution in [0.25, 0.3) is 33.7 Å². The summed E-state index contributed by atoms with van der Waals surface area (Å²) >= 11 is 0. The molecule has 6 rings (SSSR count). The lowest BCUT2D eigenvalue weighted by Crippen LogP contribution is -2.36. The van der Waals surface area contributed by atoms with Crippen molar-refractivity contribution < 1.29 is 39.1 Å². The predicted molar refractivity (Wildman–Crippen MR) is 187 cm³/mol. The Morgan fingerprint density at radius 3 is 1.55 bits per heavy atom. The molecule has 0 unspecified atom stereocenters. The van der Waals surface area contributed by atoms with Gasteiger partial charge in [-0.25, -0.2) is 0 Å². The lowest BCUT2D eigenvalue weighted by molar-refractivity contribution is -0.154. The molecule has 0 bridgehead atoms. The summed E-state index contributed by atoms with van der Waals surface area (Å²) in [7, 11) is 1.42. The Morgan fingerprint density at radius 1 is 0.714 bits per heavy atom. The molecule has 49 heavy (non-hydrogen) atoms. The van der Waals surface area contributed by atoms with Crippen LogP contribution < -0.4 is 0 Å². The number of carboxylic acid groups (broad SMARTS) is 1. The van der Waals surface area contributed by atoms with E-state index in [1.54, 1.807) is 38.4 Å². The van der Waals surface area contributed by atoms with Crippen LogP contribution in [0, 0.1) is 10.8 Å². The van der Waals surface area contributed by atoms with Gasteiger partial charge in [-0.05, 0) is 97.8 Å². The highest BCUT2D eigenvalue weighted by Crippen LogP contribution is 2.35. The maximum absolute atomic E-state index is 12.3. The van der Waals surface area contributed by atoms with Crippen molar-refractivity contribution in [3.63, 3.8) is 0 Å².